The summed E-state index contributed by atoms with van der Waals surface area (Å²) in [7, 11) is -1.27. The predicted octanol–water partition coefficient (Wildman–Crippen LogP) is 0.975. The Hall–Kier alpha value is 0.310. The molecule has 2 atom stereocenters. The molecule has 0 fully saturated rings. The van der Waals surface area contributed by atoms with E-state index < -0.39 is 13.4 Å². The summed E-state index contributed by atoms with van der Waals surface area (Å²) in [6.07, 6.45) is 0.166. The average molecular weight is 172 g/mol. The molecule has 54 valence electrons. The standard InChI is InChI=1S/C4H9ClO3P/c1-9(7)3-8-2-4(5)6/h4,6H,2-3H2,1H3/q+1. The zero-order valence-electron chi connectivity index (χ0n) is 5.08. The number of rotatable bonds is 4. The minimum Gasteiger partial charge on any atom is -0.375 e. The summed E-state index contributed by atoms with van der Waals surface area (Å²) in [5, 5.41) is 8.41. The van der Waals surface area contributed by atoms with Gasteiger partial charge in [-0.3, -0.25) is 0 Å². The van der Waals surface area contributed by atoms with Crippen LogP contribution in [0.5, 0.6) is 0 Å². The van der Waals surface area contributed by atoms with Crippen LogP contribution >= 0.6 is 19.4 Å². The molecule has 2 unspecified atom stereocenters. The maximum atomic E-state index is 10.3. The van der Waals surface area contributed by atoms with Crippen LogP contribution in [0.25, 0.3) is 0 Å². The van der Waals surface area contributed by atoms with Crippen LogP contribution in [0.3, 0.4) is 0 Å². The first kappa shape index (κ1) is 9.31. The van der Waals surface area contributed by atoms with Gasteiger partial charge in [-0.15, -0.1) is 0 Å². The first-order chi connectivity index (χ1) is 4.13. The molecule has 0 heterocycles. The summed E-state index contributed by atoms with van der Waals surface area (Å²) in [4.78, 5) is 0. The van der Waals surface area contributed by atoms with Gasteiger partial charge in [0.1, 0.15) is 6.66 Å². The lowest BCUT2D eigenvalue weighted by atomic mass is 10.8. The van der Waals surface area contributed by atoms with E-state index in [1.54, 1.807) is 6.66 Å². The first-order valence-corrected chi connectivity index (χ1v) is 4.74. The predicted molar refractivity (Wildman–Crippen MR) is 36.2 cm³/mol. The lowest BCUT2D eigenvalue weighted by Crippen LogP contribution is -2.06. The molecule has 0 aromatic rings. The number of alkyl halides is 1. The Morgan fingerprint density at radius 3 is 2.78 bits per heavy atom. The van der Waals surface area contributed by atoms with Crippen molar-refractivity contribution in [2.24, 2.45) is 0 Å². The zero-order chi connectivity index (χ0) is 7.28. The Morgan fingerprint density at radius 2 is 2.44 bits per heavy atom. The van der Waals surface area contributed by atoms with Gasteiger partial charge in [0.2, 0.25) is 6.35 Å². The molecule has 0 rings (SSSR count). The van der Waals surface area contributed by atoms with E-state index in [-0.39, 0.29) is 13.0 Å². The van der Waals surface area contributed by atoms with E-state index in [0.717, 1.165) is 0 Å². The minimum atomic E-state index is -1.27. The van der Waals surface area contributed by atoms with Crippen LogP contribution in [-0.4, -0.2) is 30.3 Å². The van der Waals surface area contributed by atoms with E-state index in [2.05, 4.69) is 0 Å². The summed E-state index contributed by atoms with van der Waals surface area (Å²) in [5.74, 6) is 0. The molecule has 0 aromatic heterocycles. The lowest BCUT2D eigenvalue weighted by Gasteiger charge is -1.96. The highest BCUT2D eigenvalue weighted by Crippen LogP contribution is 2.12. The van der Waals surface area contributed by atoms with Crippen molar-refractivity contribution >= 4 is 19.4 Å². The van der Waals surface area contributed by atoms with Crippen LogP contribution in [0.1, 0.15) is 0 Å². The van der Waals surface area contributed by atoms with Crippen LogP contribution in [0.2, 0.25) is 0 Å². The van der Waals surface area contributed by atoms with Gasteiger partial charge in [0.25, 0.3) is 0 Å². The molecule has 9 heavy (non-hydrogen) atoms. The summed E-state index contributed by atoms with van der Waals surface area (Å²) in [6.45, 7) is 1.59. The van der Waals surface area contributed by atoms with Crippen molar-refractivity contribution in [3.63, 3.8) is 0 Å². The molecule has 5 heteroatoms. The Bertz CT molecular complexity index is 95.8. The molecule has 0 aliphatic rings. The molecule has 0 spiro atoms. The quantitative estimate of drug-likeness (QED) is 0.507. The third-order valence-corrected chi connectivity index (χ3v) is 1.20. The van der Waals surface area contributed by atoms with Crippen LogP contribution in [0.4, 0.5) is 0 Å². The Kier molecular flexibility index (Phi) is 5.30. The third kappa shape index (κ3) is 8.31. The van der Waals surface area contributed by atoms with Crippen molar-refractivity contribution in [3.05, 3.63) is 0 Å². The summed E-state index contributed by atoms with van der Waals surface area (Å²) >= 11 is 5.10. The molecule has 0 aliphatic heterocycles. The Morgan fingerprint density at radius 1 is 1.89 bits per heavy atom. The maximum absolute atomic E-state index is 10.3. The van der Waals surface area contributed by atoms with Crippen molar-refractivity contribution < 1.29 is 14.4 Å². The highest BCUT2D eigenvalue weighted by atomic mass is 35.5. The maximum Gasteiger partial charge on any atom is 0.363 e. The van der Waals surface area contributed by atoms with Gasteiger partial charge in [-0.1, -0.05) is 16.2 Å². The highest BCUT2D eigenvalue weighted by molar-refractivity contribution is 7.43. The van der Waals surface area contributed by atoms with Crippen molar-refractivity contribution in [3.8, 4) is 0 Å². The van der Waals surface area contributed by atoms with E-state index in [4.69, 9.17) is 21.4 Å². The fourth-order valence-electron chi connectivity index (χ4n) is 0.279. The number of hydrogen-bond donors (Lipinski definition) is 1. The number of aliphatic hydroxyl groups is 1. The van der Waals surface area contributed by atoms with Gasteiger partial charge >= 0.3 is 7.80 Å². The molecule has 0 amide bonds. The molecule has 0 aromatic carbocycles. The van der Waals surface area contributed by atoms with E-state index in [1.807, 2.05) is 0 Å². The molecule has 1 N–H and O–H groups in total. The number of halogens is 1. The van der Waals surface area contributed by atoms with Gasteiger partial charge in [0.15, 0.2) is 5.56 Å². The van der Waals surface area contributed by atoms with E-state index >= 15 is 0 Å². The lowest BCUT2D eigenvalue weighted by molar-refractivity contribution is 0.101. The second-order valence-electron chi connectivity index (χ2n) is 1.56. The number of aliphatic hydroxyl groups excluding tert-OH is 1. The topological polar surface area (TPSA) is 46.5 Å². The smallest absolute Gasteiger partial charge is 0.363 e. The largest absolute Gasteiger partial charge is 0.375 e. The van der Waals surface area contributed by atoms with Gasteiger partial charge in [0, 0.05) is 0 Å². The third-order valence-electron chi connectivity index (χ3n) is 0.528. The SMILES string of the molecule is C[P+](=O)COCC(O)Cl. The zero-order valence-corrected chi connectivity index (χ0v) is 6.73. The fourth-order valence-corrected chi connectivity index (χ4v) is 0.730. The first-order valence-electron chi connectivity index (χ1n) is 2.41. The van der Waals surface area contributed by atoms with Gasteiger partial charge in [-0.05, 0) is 0 Å². The normalized spacial score (nSPS) is 15.2. The van der Waals surface area contributed by atoms with Gasteiger partial charge < -0.3 is 9.84 Å². The molecule has 3 nitrogen and oxygen atoms in total. The second kappa shape index (κ2) is 5.12. The number of ether oxygens (including phenoxy) is 1. The molecule has 0 saturated carbocycles. The van der Waals surface area contributed by atoms with E-state index in [1.165, 1.54) is 0 Å². The molecule has 0 saturated heterocycles. The van der Waals surface area contributed by atoms with Gasteiger partial charge in [0.05, 0.1) is 6.61 Å². The fraction of sp³-hybridized carbons (Fsp3) is 1.00. The van der Waals surface area contributed by atoms with Crippen molar-refractivity contribution in [2.45, 2.75) is 5.56 Å². The Balaban J connectivity index is 3.01. The number of hydrogen-bond acceptors (Lipinski definition) is 3. The molecular weight excluding hydrogens is 162 g/mol. The highest BCUT2D eigenvalue weighted by Gasteiger charge is 2.06. The molecule has 0 radical (unpaired) electrons. The van der Waals surface area contributed by atoms with Crippen LogP contribution < -0.4 is 0 Å². The second-order valence-corrected chi connectivity index (χ2v) is 3.58. The Labute approximate surface area is 59.7 Å². The van der Waals surface area contributed by atoms with Crippen LogP contribution in [0, 0.1) is 0 Å². The monoisotopic (exact) mass is 171 g/mol. The van der Waals surface area contributed by atoms with Gasteiger partial charge in [-0.25, -0.2) is 0 Å². The summed E-state index contributed by atoms with van der Waals surface area (Å²) in [5.41, 5.74) is -0.986. The molecule has 0 aliphatic carbocycles. The summed E-state index contributed by atoms with van der Waals surface area (Å²) < 4.78 is 15.0. The van der Waals surface area contributed by atoms with Gasteiger partial charge in [-0.2, -0.15) is 0 Å². The molecular formula is C4H9ClO3P+. The van der Waals surface area contributed by atoms with E-state index in [9.17, 15) is 4.57 Å². The summed E-state index contributed by atoms with van der Waals surface area (Å²) in [6, 6.07) is 0. The molecule has 0 bridgehead atoms. The van der Waals surface area contributed by atoms with Crippen LogP contribution in [-0.2, 0) is 9.30 Å². The van der Waals surface area contributed by atoms with E-state index in [0.29, 0.717) is 0 Å². The minimum absolute atomic E-state index is 0.0382. The van der Waals surface area contributed by atoms with Crippen molar-refractivity contribution in [2.75, 3.05) is 19.6 Å². The van der Waals surface area contributed by atoms with Crippen molar-refractivity contribution in [1.29, 1.82) is 0 Å². The van der Waals surface area contributed by atoms with Crippen LogP contribution in [0.15, 0.2) is 0 Å². The van der Waals surface area contributed by atoms with Crippen molar-refractivity contribution in [1.82, 2.24) is 0 Å². The average Bonchev–Trinajstić information content (AvgIpc) is 1.63.